The Bertz CT molecular complexity index is 980. The van der Waals surface area contributed by atoms with Crippen molar-refractivity contribution in [3.63, 3.8) is 0 Å². The maximum atomic E-state index is 13.0. The van der Waals surface area contributed by atoms with Gasteiger partial charge in [0.2, 0.25) is 0 Å². The van der Waals surface area contributed by atoms with E-state index < -0.39 is 0 Å². The molecule has 3 aromatic rings. The van der Waals surface area contributed by atoms with Crippen LogP contribution in [0.1, 0.15) is 24.0 Å². The predicted molar refractivity (Wildman–Crippen MR) is 104 cm³/mol. The number of hydrogen-bond donors (Lipinski definition) is 0. The van der Waals surface area contributed by atoms with Gasteiger partial charge in [0.05, 0.1) is 18.0 Å². The summed E-state index contributed by atoms with van der Waals surface area (Å²) in [5.41, 5.74) is 2.92. The Morgan fingerprint density at radius 3 is 3.04 bits per heavy atom. The Morgan fingerprint density at radius 1 is 1.31 bits per heavy atom. The molecule has 0 amide bonds. The molecular formula is C20H21N3O2S. The average molecular weight is 367 g/mol. The molecular weight excluding hydrogens is 346 g/mol. The van der Waals surface area contributed by atoms with Gasteiger partial charge in [-0.3, -0.25) is 9.36 Å². The minimum absolute atomic E-state index is 0.0367. The van der Waals surface area contributed by atoms with Gasteiger partial charge in [-0.2, -0.15) is 0 Å². The SMILES string of the molecule is Cc1cccc(CSc2nc3ncccc3c(=O)n2CC2CCCO2)c1. The number of ether oxygens (including phenoxy) is 1. The van der Waals surface area contributed by atoms with Crippen molar-refractivity contribution < 1.29 is 4.74 Å². The molecule has 0 saturated carbocycles. The van der Waals surface area contributed by atoms with E-state index in [1.807, 2.05) is 0 Å². The molecule has 134 valence electrons. The van der Waals surface area contributed by atoms with E-state index in [0.717, 1.165) is 25.2 Å². The van der Waals surface area contributed by atoms with Crippen molar-refractivity contribution >= 4 is 22.8 Å². The summed E-state index contributed by atoms with van der Waals surface area (Å²) in [5, 5.41) is 1.27. The Hall–Kier alpha value is -2.18. The second-order valence-corrected chi connectivity index (χ2v) is 7.54. The standard InChI is InChI=1S/C20H21N3O2S/c1-14-5-2-6-15(11-14)13-26-20-22-18-17(8-3-9-21-18)19(24)23(20)12-16-7-4-10-25-16/h2-3,5-6,8-9,11,16H,4,7,10,12-13H2,1H3. The van der Waals surface area contributed by atoms with Crippen LogP contribution in [0.5, 0.6) is 0 Å². The molecule has 1 unspecified atom stereocenters. The van der Waals surface area contributed by atoms with Gasteiger partial charge in [0.25, 0.3) is 5.56 Å². The highest BCUT2D eigenvalue weighted by Gasteiger charge is 2.20. The van der Waals surface area contributed by atoms with Crippen molar-refractivity contribution in [1.82, 2.24) is 14.5 Å². The molecule has 0 radical (unpaired) electrons. The third-order valence-corrected chi connectivity index (χ3v) is 5.60. The van der Waals surface area contributed by atoms with E-state index in [1.165, 1.54) is 11.1 Å². The van der Waals surface area contributed by atoms with Crippen molar-refractivity contribution in [2.45, 2.75) is 43.3 Å². The number of aryl methyl sites for hydroxylation is 1. The Kier molecular flexibility index (Phi) is 5.04. The highest BCUT2D eigenvalue weighted by molar-refractivity contribution is 7.98. The fraction of sp³-hybridized carbons (Fsp3) is 0.350. The van der Waals surface area contributed by atoms with E-state index in [2.05, 4.69) is 41.2 Å². The molecule has 26 heavy (non-hydrogen) atoms. The lowest BCUT2D eigenvalue weighted by Crippen LogP contribution is -2.29. The zero-order chi connectivity index (χ0) is 17.9. The molecule has 0 aliphatic carbocycles. The normalized spacial score (nSPS) is 17.0. The van der Waals surface area contributed by atoms with Gasteiger partial charge in [0.1, 0.15) is 0 Å². The minimum Gasteiger partial charge on any atom is -0.376 e. The van der Waals surface area contributed by atoms with Crippen molar-refractivity contribution in [3.05, 3.63) is 64.1 Å². The van der Waals surface area contributed by atoms with Crippen molar-refractivity contribution in [2.75, 3.05) is 6.61 Å². The maximum absolute atomic E-state index is 13.0. The third kappa shape index (κ3) is 3.66. The molecule has 1 aromatic carbocycles. The van der Waals surface area contributed by atoms with Gasteiger partial charge in [0, 0.05) is 18.6 Å². The molecule has 0 bridgehead atoms. The number of benzene rings is 1. The smallest absolute Gasteiger partial charge is 0.263 e. The van der Waals surface area contributed by atoms with Crippen LogP contribution >= 0.6 is 11.8 Å². The van der Waals surface area contributed by atoms with Crippen LogP contribution in [-0.2, 0) is 17.0 Å². The number of nitrogens with zero attached hydrogens (tertiary/aromatic N) is 3. The molecule has 2 aromatic heterocycles. The Labute approximate surface area is 156 Å². The predicted octanol–water partition coefficient (Wildman–Crippen LogP) is 3.57. The first-order valence-corrected chi connectivity index (χ1v) is 9.85. The molecule has 3 heterocycles. The van der Waals surface area contributed by atoms with E-state index in [9.17, 15) is 4.79 Å². The molecule has 1 saturated heterocycles. The molecule has 0 spiro atoms. The fourth-order valence-electron chi connectivity index (χ4n) is 3.25. The van der Waals surface area contributed by atoms with Gasteiger partial charge in [-0.15, -0.1) is 0 Å². The quantitative estimate of drug-likeness (QED) is 0.510. The van der Waals surface area contributed by atoms with Gasteiger partial charge < -0.3 is 4.74 Å². The highest BCUT2D eigenvalue weighted by Crippen LogP contribution is 2.24. The lowest BCUT2D eigenvalue weighted by Gasteiger charge is -2.16. The van der Waals surface area contributed by atoms with Crippen molar-refractivity contribution in [2.24, 2.45) is 0 Å². The van der Waals surface area contributed by atoms with E-state index in [4.69, 9.17) is 4.74 Å². The first-order valence-electron chi connectivity index (χ1n) is 8.86. The van der Waals surface area contributed by atoms with E-state index >= 15 is 0 Å². The monoisotopic (exact) mass is 367 g/mol. The zero-order valence-electron chi connectivity index (χ0n) is 14.7. The summed E-state index contributed by atoms with van der Waals surface area (Å²) in [7, 11) is 0. The Morgan fingerprint density at radius 2 is 2.23 bits per heavy atom. The highest BCUT2D eigenvalue weighted by atomic mass is 32.2. The first kappa shape index (κ1) is 17.2. The van der Waals surface area contributed by atoms with E-state index in [-0.39, 0.29) is 11.7 Å². The van der Waals surface area contributed by atoms with Crippen LogP contribution in [0, 0.1) is 6.92 Å². The van der Waals surface area contributed by atoms with Gasteiger partial charge in [-0.05, 0) is 37.5 Å². The summed E-state index contributed by atoms with van der Waals surface area (Å²) in [4.78, 5) is 22.0. The first-order chi connectivity index (χ1) is 12.7. The number of rotatable bonds is 5. The van der Waals surface area contributed by atoms with Crippen LogP contribution < -0.4 is 5.56 Å². The van der Waals surface area contributed by atoms with E-state index in [0.29, 0.717) is 22.7 Å². The average Bonchev–Trinajstić information content (AvgIpc) is 3.16. The van der Waals surface area contributed by atoms with Gasteiger partial charge in [-0.25, -0.2) is 9.97 Å². The van der Waals surface area contributed by atoms with Crippen LogP contribution in [0.25, 0.3) is 11.0 Å². The van der Waals surface area contributed by atoms with Crippen LogP contribution in [-0.4, -0.2) is 27.2 Å². The van der Waals surface area contributed by atoms with E-state index in [1.54, 1.807) is 34.7 Å². The van der Waals surface area contributed by atoms with Gasteiger partial charge in [0.15, 0.2) is 10.8 Å². The summed E-state index contributed by atoms with van der Waals surface area (Å²) in [6.45, 7) is 3.40. The lowest BCUT2D eigenvalue weighted by molar-refractivity contribution is 0.0937. The molecule has 4 rings (SSSR count). The molecule has 1 fully saturated rings. The molecule has 5 nitrogen and oxygen atoms in total. The van der Waals surface area contributed by atoms with Crippen molar-refractivity contribution in [1.29, 1.82) is 0 Å². The minimum atomic E-state index is -0.0367. The number of fused-ring (bicyclic) bond motifs is 1. The number of hydrogen-bond acceptors (Lipinski definition) is 5. The summed E-state index contributed by atoms with van der Waals surface area (Å²) < 4.78 is 7.51. The summed E-state index contributed by atoms with van der Waals surface area (Å²) in [6.07, 6.45) is 3.79. The number of pyridine rings is 1. The largest absolute Gasteiger partial charge is 0.376 e. The second kappa shape index (κ2) is 7.60. The summed E-state index contributed by atoms with van der Waals surface area (Å²) in [5.74, 6) is 0.762. The summed E-state index contributed by atoms with van der Waals surface area (Å²) in [6, 6.07) is 12.0. The maximum Gasteiger partial charge on any atom is 0.263 e. The van der Waals surface area contributed by atoms with Gasteiger partial charge in [-0.1, -0.05) is 41.6 Å². The van der Waals surface area contributed by atoms with Crippen LogP contribution in [0.15, 0.2) is 52.5 Å². The zero-order valence-corrected chi connectivity index (χ0v) is 15.5. The lowest BCUT2D eigenvalue weighted by atomic mass is 10.2. The third-order valence-electron chi connectivity index (χ3n) is 4.56. The number of aromatic nitrogens is 3. The van der Waals surface area contributed by atoms with Crippen LogP contribution in [0.4, 0.5) is 0 Å². The second-order valence-electron chi connectivity index (χ2n) is 6.60. The Balaban J connectivity index is 1.69. The molecule has 1 aliphatic heterocycles. The molecule has 6 heteroatoms. The van der Waals surface area contributed by atoms with Crippen LogP contribution in [0.2, 0.25) is 0 Å². The molecule has 1 aliphatic rings. The topological polar surface area (TPSA) is 57.0 Å². The van der Waals surface area contributed by atoms with Crippen molar-refractivity contribution in [3.8, 4) is 0 Å². The van der Waals surface area contributed by atoms with Gasteiger partial charge >= 0.3 is 0 Å². The molecule has 1 atom stereocenters. The molecule has 0 N–H and O–H groups in total. The summed E-state index contributed by atoms with van der Waals surface area (Å²) >= 11 is 1.58. The fourth-order valence-corrected chi connectivity index (χ4v) is 4.19. The number of thioether (sulfide) groups is 1. The van der Waals surface area contributed by atoms with Crippen LogP contribution in [0.3, 0.4) is 0 Å².